The molecule has 9 atom stereocenters. The Morgan fingerprint density at radius 3 is 1.98 bits per heavy atom. The van der Waals surface area contributed by atoms with Crippen LogP contribution in [0.25, 0.3) is 0 Å². The second-order valence-corrected chi connectivity index (χ2v) is 27.4. The first kappa shape index (κ1) is 32.3. The van der Waals surface area contributed by atoms with Crippen LogP contribution >= 0.6 is 0 Å². The van der Waals surface area contributed by atoms with Crippen LogP contribution in [0.2, 0.25) is 36.3 Å². The number of aliphatic hydroxyl groups is 1. The highest BCUT2D eigenvalue weighted by atomic mass is 28.4. The zero-order valence-corrected chi connectivity index (χ0v) is 30.2. The molecule has 41 heavy (non-hydrogen) atoms. The Balaban J connectivity index is 1.54. The average molecular weight is 609 g/mol. The second-order valence-electron chi connectivity index (χ2n) is 17.9. The van der Waals surface area contributed by atoms with Crippen molar-refractivity contribution >= 4 is 22.4 Å². The van der Waals surface area contributed by atoms with E-state index < -0.39 is 28.5 Å². The Morgan fingerprint density at radius 2 is 1.41 bits per heavy atom. The Morgan fingerprint density at radius 1 is 0.854 bits per heavy atom. The van der Waals surface area contributed by atoms with E-state index in [0.29, 0.717) is 13.2 Å². The molecule has 0 unspecified atom stereocenters. The lowest BCUT2D eigenvalue weighted by Crippen LogP contribution is -2.69. The first-order chi connectivity index (χ1) is 18.6. The van der Waals surface area contributed by atoms with Gasteiger partial charge in [-0.1, -0.05) is 55.4 Å². The van der Waals surface area contributed by atoms with Crippen LogP contribution in [0.3, 0.4) is 0 Å². The fraction of sp³-hybridized carbons (Fsp3) is 0.970. The van der Waals surface area contributed by atoms with Crippen molar-refractivity contribution in [3.8, 4) is 0 Å². The van der Waals surface area contributed by atoms with Gasteiger partial charge in [0.1, 0.15) is 6.10 Å². The van der Waals surface area contributed by atoms with Crippen molar-refractivity contribution in [2.45, 2.75) is 154 Å². The molecule has 6 nitrogen and oxygen atoms in total. The van der Waals surface area contributed by atoms with Crippen molar-refractivity contribution in [1.82, 2.24) is 0 Å². The van der Waals surface area contributed by atoms with Gasteiger partial charge in [0.25, 0.3) is 0 Å². The molecular weight excluding hydrogens is 549 g/mol. The fourth-order valence-electron chi connectivity index (χ4n) is 9.28. The molecule has 0 radical (unpaired) electrons. The Kier molecular flexibility index (Phi) is 7.84. The zero-order valence-electron chi connectivity index (χ0n) is 28.2. The summed E-state index contributed by atoms with van der Waals surface area (Å²) in [5.74, 6) is -0.726. The van der Waals surface area contributed by atoms with Crippen LogP contribution in [-0.4, -0.2) is 64.8 Å². The van der Waals surface area contributed by atoms with E-state index in [4.69, 9.17) is 18.3 Å². The van der Waals surface area contributed by atoms with E-state index >= 15 is 0 Å². The first-order valence-electron chi connectivity index (χ1n) is 16.5. The molecule has 8 heteroatoms. The van der Waals surface area contributed by atoms with Crippen molar-refractivity contribution in [2.75, 3.05) is 13.2 Å². The number of carbonyl (C=O) groups is 1. The van der Waals surface area contributed by atoms with E-state index in [-0.39, 0.29) is 62.6 Å². The Bertz CT molecular complexity index is 1020. The van der Waals surface area contributed by atoms with Gasteiger partial charge in [-0.2, -0.15) is 0 Å². The molecule has 0 bridgehead atoms. The predicted molar refractivity (Wildman–Crippen MR) is 168 cm³/mol. The van der Waals surface area contributed by atoms with Gasteiger partial charge in [-0.05, 0) is 85.6 Å². The van der Waals surface area contributed by atoms with Crippen LogP contribution in [0.4, 0.5) is 0 Å². The van der Waals surface area contributed by atoms with E-state index in [1.807, 2.05) is 0 Å². The molecule has 236 valence electrons. The topological polar surface area (TPSA) is 74.2 Å². The minimum absolute atomic E-state index is 0.0419. The lowest BCUT2D eigenvalue weighted by molar-refractivity contribution is -0.263. The lowest BCUT2D eigenvalue weighted by atomic mass is 9.43. The second kappa shape index (κ2) is 9.95. The Labute approximate surface area is 252 Å². The summed E-state index contributed by atoms with van der Waals surface area (Å²) in [7, 11) is -4.14. The van der Waals surface area contributed by atoms with Gasteiger partial charge in [-0.15, -0.1) is 0 Å². The maximum Gasteiger partial charge on any atom is 0.192 e. The van der Waals surface area contributed by atoms with E-state index in [2.05, 4.69) is 81.6 Å². The van der Waals surface area contributed by atoms with Gasteiger partial charge in [0, 0.05) is 35.9 Å². The summed E-state index contributed by atoms with van der Waals surface area (Å²) in [4.78, 5) is 14.5. The molecule has 4 saturated carbocycles. The van der Waals surface area contributed by atoms with Gasteiger partial charge in [0.15, 0.2) is 28.2 Å². The summed E-state index contributed by atoms with van der Waals surface area (Å²) in [6.45, 7) is 28.9. The predicted octanol–water partition coefficient (Wildman–Crippen LogP) is 7.31. The summed E-state index contributed by atoms with van der Waals surface area (Å²) in [5.41, 5.74) is -0.508. The van der Waals surface area contributed by atoms with Gasteiger partial charge in [0.05, 0.1) is 13.2 Å². The third-order valence-corrected chi connectivity index (χ3v) is 22.8. The molecule has 1 N–H and O–H groups in total. The van der Waals surface area contributed by atoms with Crippen LogP contribution in [0.5, 0.6) is 0 Å². The van der Waals surface area contributed by atoms with Crippen LogP contribution in [0, 0.1) is 34.5 Å². The molecule has 0 amide bonds. The number of rotatable bonds is 4. The highest BCUT2D eigenvalue weighted by Crippen LogP contribution is 2.70. The van der Waals surface area contributed by atoms with E-state index in [9.17, 15) is 9.90 Å². The van der Waals surface area contributed by atoms with E-state index in [0.717, 1.165) is 38.5 Å². The summed E-state index contributed by atoms with van der Waals surface area (Å²) >= 11 is 0. The van der Waals surface area contributed by atoms with Crippen molar-refractivity contribution in [3.63, 3.8) is 0 Å². The molecular formula is C33H60O6Si2. The quantitative estimate of drug-likeness (QED) is 0.337. The maximum atomic E-state index is 14.5. The lowest BCUT2D eigenvalue weighted by Gasteiger charge is -2.64. The summed E-state index contributed by atoms with van der Waals surface area (Å²) in [5, 5.41) is 12.1. The molecule has 1 heterocycles. The number of aliphatic hydroxyl groups excluding tert-OH is 1. The highest BCUT2D eigenvalue weighted by Gasteiger charge is 2.73. The maximum absolute atomic E-state index is 14.5. The van der Waals surface area contributed by atoms with Gasteiger partial charge in [0.2, 0.25) is 0 Å². The van der Waals surface area contributed by atoms with Crippen LogP contribution < -0.4 is 0 Å². The highest BCUT2D eigenvalue weighted by molar-refractivity contribution is 6.74. The van der Waals surface area contributed by atoms with Crippen molar-refractivity contribution in [1.29, 1.82) is 0 Å². The number of carbonyl (C=O) groups excluding carboxylic acids is 1. The van der Waals surface area contributed by atoms with Crippen molar-refractivity contribution in [3.05, 3.63) is 0 Å². The van der Waals surface area contributed by atoms with Gasteiger partial charge < -0.3 is 23.4 Å². The number of ketones is 1. The number of hydrogen-bond acceptors (Lipinski definition) is 6. The number of Topliss-reactive ketones (excluding diaryl/α,β-unsaturated/α-hetero) is 1. The molecule has 0 aromatic heterocycles. The van der Waals surface area contributed by atoms with Gasteiger partial charge in [-0.25, -0.2) is 0 Å². The number of ether oxygens (including phenoxy) is 2. The van der Waals surface area contributed by atoms with Gasteiger partial charge >= 0.3 is 0 Å². The van der Waals surface area contributed by atoms with Crippen LogP contribution in [0.15, 0.2) is 0 Å². The molecule has 1 saturated heterocycles. The SMILES string of the molecule is CC(C)(C)[Si](C)(C)O[C@H]1CC[C@]2(C)[C@@H]3[C@@H](C(=O)[C@H](O)[C@H]2C1)[C@@H]1CCC2(OCCO2)[C@@]1(C)C[C@@H]3O[Si](C)(C)C(C)(C)C. The Hall–Kier alpha value is -0.0962. The number of hydrogen-bond donors (Lipinski definition) is 1. The van der Waals surface area contributed by atoms with Crippen molar-refractivity contribution < 1.29 is 28.2 Å². The normalized spacial score (nSPS) is 43.1. The third kappa shape index (κ3) is 4.83. The summed E-state index contributed by atoms with van der Waals surface area (Å²) < 4.78 is 27.2. The molecule has 0 aromatic rings. The number of fused-ring (bicyclic) bond motifs is 6. The summed E-state index contributed by atoms with van der Waals surface area (Å²) in [6.07, 6.45) is 4.34. The minimum atomic E-state index is -2.17. The largest absolute Gasteiger partial charge is 0.414 e. The molecule has 1 spiro atoms. The molecule has 1 aliphatic heterocycles. The van der Waals surface area contributed by atoms with E-state index in [1.54, 1.807) is 0 Å². The third-order valence-electron chi connectivity index (χ3n) is 13.7. The molecule has 0 aromatic carbocycles. The smallest absolute Gasteiger partial charge is 0.192 e. The first-order valence-corrected chi connectivity index (χ1v) is 22.3. The zero-order chi connectivity index (χ0) is 30.6. The summed E-state index contributed by atoms with van der Waals surface area (Å²) in [6, 6.07) is 0. The standard InChI is InChI=1S/C33H60O6Si2/c1-29(2,3)40(9,10)38-21-13-15-31(7)23(19-21)27(34)28(35)25-22-14-16-33(36-17-18-37-33)32(22,8)20-24(26(25)31)39-41(11,12)30(4,5)6/h21-27,34H,13-20H2,1-12H3/t21-,22-,23+,24-,25-,26-,27+,31-,32-/m0/s1. The minimum Gasteiger partial charge on any atom is -0.414 e. The van der Waals surface area contributed by atoms with Crippen molar-refractivity contribution in [2.24, 2.45) is 34.5 Å². The monoisotopic (exact) mass is 608 g/mol. The van der Waals surface area contributed by atoms with Crippen LogP contribution in [-0.2, 0) is 23.1 Å². The molecule has 5 rings (SSSR count). The molecule has 5 aliphatic rings. The van der Waals surface area contributed by atoms with Gasteiger partial charge in [-0.3, -0.25) is 4.79 Å². The average Bonchev–Trinajstić information content (AvgIpc) is 3.41. The van der Waals surface area contributed by atoms with E-state index in [1.165, 1.54) is 0 Å². The van der Waals surface area contributed by atoms with Crippen LogP contribution in [0.1, 0.15) is 93.9 Å². The molecule has 5 fully saturated rings. The fourth-order valence-corrected chi connectivity index (χ4v) is 12.0. The molecule has 4 aliphatic carbocycles.